The molecule has 3 fully saturated rings. The number of sulfonamides is 1. The van der Waals surface area contributed by atoms with E-state index >= 15 is 0 Å². The van der Waals surface area contributed by atoms with Crippen molar-refractivity contribution in [2.24, 2.45) is 22.5 Å². The van der Waals surface area contributed by atoms with Gasteiger partial charge in [0.15, 0.2) is 0 Å². The van der Waals surface area contributed by atoms with Gasteiger partial charge in [-0.3, -0.25) is 14.4 Å². The van der Waals surface area contributed by atoms with Gasteiger partial charge in [0.05, 0.1) is 11.7 Å². The normalized spacial score (nSPS) is 28.1. The molecule has 0 radical (unpaired) electrons. The van der Waals surface area contributed by atoms with E-state index in [9.17, 15) is 22.8 Å². The van der Waals surface area contributed by atoms with Crippen molar-refractivity contribution in [3.05, 3.63) is 36.9 Å². The zero-order chi connectivity index (χ0) is 30.8. The summed E-state index contributed by atoms with van der Waals surface area (Å²) in [5.74, 6) is -2.41. The zero-order valence-electron chi connectivity index (χ0n) is 24.6. The lowest BCUT2D eigenvalue weighted by molar-refractivity contribution is -0.138. The maximum atomic E-state index is 13.4. The molecule has 7 N–H and O–H groups in total. The molecule has 0 bridgehead atoms. The molecular formula is C30H45N5O6S. The lowest BCUT2D eigenvalue weighted by Crippen LogP contribution is -2.55. The van der Waals surface area contributed by atoms with E-state index in [-0.39, 0.29) is 34.0 Å². The number of carbonyl (C=O) groups excluding carboxylic acids is 2. The van der Waals surface area contributed by atoms with E-state index in [2.05, 4.69) is 41.1 Å². The summed E-state index contributed by atoms with van der Waals surface area (Å²) in [4.78, 5) is 37.4. The van der Waals surface area contributed by atoms with Crippen molar-refractivity contribution in [3.8, 4) is 0 Å². The minimum Gasteiger partial charge on any atom is -0.480 e. The predicted molar refractivity (Wildman–Crippen MR) is 160 cm³/mol. The molecule has 11 nitrogen and oxygen atoms in total. The lowest BCUT2D eigenvalue weighted by Gasteiger charge is -2.22. The molecule has 12 heteroatoms. The standard InChI is InChI=1S/C30H45N5O6S/c1-4-20-16-30(20,34-25(36)23-17-29(19-33-23)18-28(29,2)3)27(39)35-42(40,41)24-14-10-9-13-22(24)32-15-11-7-5-6-8-12-21(31)26(37)38/h4,9-10,13-14,20-21,23,32-33H,1,5-8,11-12,15-19,31H2,2-3H3,(H,34,36)(H,35,39)(H,37,38)/t20-,21+,23+,29+,30-/m1/s1. The molecule has 2 aliphatic carbocycles. The van der Waals surface area contributed by atoms with Crippen molar-refractivity contribution < 1.29 is 27.9 Å². The van der Waals surface area contributed by atoms with Crippen LogP contribution in [-0.4, -0.2) is 62.0 Å². The minimum atomic E-state index is -4.24. The van der Waals surface area contributed by atoms with E-state index in [1.807, 2.05) is 0 Å². The van der Waals surface area contributed by atoms with Crippen LogP contribution < -0.4 is 26.4 Å². The van der Waals surface area contributed by atoms with Gasteiger partial charge in [0.1, 0.15) is 16.5 Å². The van der Waals surface area contributed by atoms with Crippen LogP contribution in [0.1, 0.15) is 71.6 Å². The van der Waals surface area contributed by atoms with Gasteiger partial charge >= 0.3 is 5.97 Å². The van der Waals surface area contributed by atoms with Crippen molar-refractivity contribution in [3.63, 3.8) is 0 Å². The molecule has 3 aliphatic rings. The number of carboxylic acid groups (broad SMARTS) is 1. The van der Waals surface area contributed by atoms with Crippen LogP contribution in [0.15, 0.2) is 41.8 Å². The molecule has 1 heterocycles. The van der Waals surface area contributed by atoms with E-state index in [4.69, 9.17) is 10.8 Å². The molecular weight excluding hydrogens is 558 g/mol. The second-order valence-corrected chi connectivity index (χ2v) is 14.5. The second-order valence-electron chi connectivity index (χ2n) is 12.8. The maximum absolute atomic E-state index is 13.4. The van der Waals surface area contributed by atoms with Crippen LogP contribution in [-0.2, 0) is 24.4 Å². The first-order valence-corrected chi connectivity index (χ1v) is 16.3. The number of unbranched alkanes of at least 4 members (excludes halogenated alkanes) is 4. The van der Waals surface area contributed by atoms with Gasteiger partial charge in [-0.05, 0) is 55.1 Å². The van der Waals surface area contributed by atoms with Crippen LogP contribution in [0.25, 0.3) is 0 Å². The predicted octanol–water partition coefficient (Wildman–Crippen LogP) is 2.50. The van der Waals surface area contributed by atoms with Crippen LogP contribution in [0.5, 0.6) is 0 Å². The first-order valence-electron chi connectivity index (χ1n) is 14.8. The van der Waals surface area contributed by atoms with E-state index in [0.717, 1.165) is 45.1 Å². The number of carbonyl (C=O) groups is 3. The van der Waals surface area contributed by atoms with Gasteiger partial charge in [-0.25, -0.2) is 13.1 Å². The fourth-order valence-electron chi connectivity index (χ4n) is 6.31. The van der Waals surface area contributed by atoms with E-state index < -0.39 is 39.5 Å². The molecule has 0 aromatic heterocycles. The quantitative estimate of drug-likeness (QED) is 0.122. The third kappa shape index (κ3) is 6.81. The van der Waals surface area contributed by atoms with Crippen LogP contribution in [0.4, 0.5) is 5.69 Å². The van der Waals surface area contributed by atoms with Crippen LogP contribution in [0, 0.1) is 16.7 Å². The first-order chi connectivity index (χ1) is 19.8. The number of carboxylic acids is 1. The molecule has 1 aliphatic heterocycles. The summed E-state index contributed by atoms with van der Waals surface area (Å²) in [6.07, 6.45) is 8.26. The Balaban J connectivity index is 1.30. The largest absolute Gasteiger partial charge is 0.480 e. The SMILES string of the molecule is C=C[C@@H]1C[C@]1(NC(=O)[C@@H]1C[C@@]2(CN1)CC2(C)C)C(=O)NS(=O)(=O)c1ccccc1NCCCCCCC[C@H](N)C(=O)O. The highest BCUT2D eigenvalue weighted by atomic mass is 32.2. The van der Waals surface area contributed by atoms with Gasteiger partial charge in [0, 0.05) is 19.0 Å². The summed E-state index contributed by atoms with van der Waals surface area (Å²) < 4.78 is 29.0. The maximum Gasteiger partial charge on any atom is 0.320 e. The van der Waals surface area contributed by atoms with Gasteiger partial charge in [-0.2, -0.15) is 0 Å². The third-order valence-corrected chi connectivity index (χ3v) is 10.9. The van der Waals surface area contributed by atoms with Crippen LogP contribution in [0.2, 0.25) is 0 Å². The molecule has 5 atom stereocenters. The van der Waals surface area contributed by atoms with Crippen molar-refractivity contribution in [1.29, 1.82) is 0 Å². The Hall–Kier alpha value is -2.96. The van der Waals surface area contributed by atoms with E-state index in [1.54, 1.807) is 24.3 Å². The fourth-order valence-corrected chi connectivity index (χ4v) is 7.54. The van der Waals surface area contributed by atoms with Gasteiger partial charge in [0.25, 0.3) is 15.9 Å². The molecule has 2 amide bonds. The Morgan fingerprint density at radius 2 is 1.81 bits per heavy atom. The Kier molecular flexibility index (Phi) is 9.39. The van der Waals surface area contributed by atoms with Gasteiger partial charge in [-0.1, -0.05) is 57.7 Å². The molecule has 1 aromatic carbocycles. The lowest BCUT2D eigenvalue weighted by atomic mass is 9.93. The number of rotatable bonds is 16. The van der Waals surface area contributed by atoms with Crippen LogP contribution in [0.3, 0.4) is 0 Å². The smallest absolute Gasteiger partial charge is 0.320 e. The van der Waals surface area contributed by atoms with Crippen molar-refractivity contribution in [2.75, 3.05) is 18.4 Å². The summed E-state index contributed by atoms with van der Waals surface area (Å²) in [7, 11) is -4.24. The third-order valence-electron chi connectivity index (χ3n) is 9.47. The highest BCUT2D eigenvalue weighted by molar-refractivity contribution is 7.90. The summed E-state index contributed by atoms with van der Waals surface area (Å²) in [6.45, 7) is 9.44. The van der Waals surface area contributed by atoms with Gasteiger partial charge in [-0.15, -0.1) is 6.58 Å². The topological polar surface area (TPSA) is 180 Å². The van der Waals surface area contributed by atoms with Crippen molar-refractivity contribution in [2.45, 2.75) is 94.2 Å². The molecule has 1 spiro atoms. The number of hydrogen-bond acceptors (Lipinski definition) is 8. The monoisotopic (exact) mass is 603 g/mol. The Bertz CT molecular complexity index is 1320. The summed E-state index contributed by atoms with van der Waals surface area (Å²) >= 11 is 0. The average molecular weight is 604 g/mol. The second kappa shape index (κ2) is 12.3. The molecule has 4 rings (SSSR count). The fraction of sp³-hybridized carbons (Fsp3) is 0.633. The summed E-state index contributed by atoms with van der Waals surface area (Å²) in [5.41, 5.74) is 4.83. The number of anilines is 1. The number of aliphatic carboxylic acids is 1. The zero-order valence-corrected chi connectivity index (χ0v) is 25.4. The van der Waals surface area contributed by atoms with Gasteiger partial charge < -0.3 is 26.8 Å². The summed E-state index contributed by atoms with van der Waals surface area (Å²) in [5, 5.41) is 18.2. The van der Waals surface area contributed by atoms with E-state index in [1.165, 1.54) is 6.07 Å². The molecule has 2 saturated carbocycles. The van der Waals surface area contributed by atoms with Crippen molar-refractivity contribution in [1.82, 2.24) is 15.4 Å². The van der Waals surface area contributed by atoms with E-state index in [0.29, 0.717) is 25.1 Å². The van der Waals surface area contributed by atoms with Crippen LogP contribution >= 0.6 is 0 Å². The number of nitrogens with two attached hydrogens (primary N) is 1. The van der Waals surface area contributed by atoms with Gasteiger partial charge in [0.2, 0.25) is 5.91 Å². The number of benzene rings is 1. The molecule has 42 heavy (non-hydrogen) atoms. The Morgan fingerprint density at radius 1 is 1.14 bits per heavy atom. The number of hydrogen-bond donors (Lipinski definition) is 6. The summed E-state index contributed by atoms with van der Waals surface area (Å²) in [6, 6.07) is 5.14. The molecule has 1 saturated heterocycles. The molecule has 1 aromatic rings. The minimum absolute atomic E-state index is 0.0475. The molecule has 0 unspecified atom stereocenters. The number of amides is 2. The Morgan fingerprint density at radius 3 is 2.43 bits per heavy atom. The van der Waals surface area contributed by atoms with Crippen molar-refractivity contribution >= 4 is 33.5 Å². The Labute approximate surface area is 248 Å². The molecule has 232 valence electrons. The highest BCUT2D eigenvalue weighted by Crippen LogP contribution is 2.67. The first kappa shape index (κ1) is 32.0. The highest BCUT2D eigenvalue weighted by Gasteiger charge is 2.65. The number of para-hydroxylation sites is 1. The average Bonchev–Trinajstić information content (AvgIpc) is 3.70. The number of nitrogens with one attached hydrogen (secondary N) is 4.